The van der Waals surface area contributed by atoms with Gasteiger partial charge in [0.2, 0.25) is 0 Å². The van der Waals surface area contributed by atoms with E-state index >= 15 is 0 Å². The molecule has 0 aliphatic heterocycles. The SMILES string of the molecule is CCCCN(C)c1cc(C(=O)O)c2cc(N)ccc2n1. The Morgan fingerprint density at radius 1 is 1.40 bits per heavy atom. The van der Waals surface area contributed by atoms with Crippen molar-refractivity contribution in [3.8, 4) is 0 Å². The molecule has 0 saturated heterocycles. The first-order valence-electron chi connectivity index (χ1n) is 6.67. The summed E-state index contributed by atoms with van der Waals surface area (Å²) >= 11 is 0. The maximum absolute atomic E-state index is 11.4. The molecule has 0 unspecified atom stereocenters. The molecule has 1 aromatic carbocycles. The largest absolute Gasteiger partial charge is 0.478 e. The molecule has 0 aliphatic carbocycles. The van der Waals surface area contributed by atoms with E-state index in [0.29, 0.717) is 22.4 Å². The molecule has 0 saturated carbocycles. The Balaban J connectivity index is 2.53. The molecule has 0 spiro atoms. The summed E-state index contributed by atoms with van der Waals surface area (Å²) in [5.41, 5.74) is 7.15. The van der Waals surface area contributed by atoms with Crippen LogP contribution in [0.2, 0.25) is 0 Å². The Kier molecular flexibility index (Phi) is 4.08. The second-order valence-corrected chi connectivity index (χ2v) is 4.88. The monoisotopic (exact) mass is 273 g/mol. The fourth-order valence-corrected chi connectivity index (χ4v) is 2.11. The van der Waals surface area contributed by atoms with Gasteiger partial charge in [0.15, 0.2) is 0 Å². The average molecular weight is 273 g/mol. The number of hydrogen-bond acceptors (Lipinski definition) is 4. The van der Waals surface area contributed by atoms with Crippen molar-refractivity contribution in [3.05, 3.63) is 29.8 Å². The molecule has 20 heavy (non-hydrogen) atoms. The van der Waals surface area contributed by atoms with E-state index in [0.717, 1.165) is 19.4 Å². The molecule has 1 heterocycles. The van der Waals surface area contributed by atoms with Gasteiger partial charge in [0.1, 0.15) is 5.82 Å². The van der Waals surface area contributed by atoms with E-state index in [-0.39, 0.29) is 5.56 Å². The zero-order valence-electron chi connectivity index (χ0n) is 11.8. The second kappa shape index (κ2) is 5.77. The number of hydrogen-bond donors (Lipinski definition) is 2. The number of anilines is 2. The summed E-state index contributed by atoms with van der Waals surface area (Å²) in [5.74, 6) is -0.290. The van der Waals surface area contributed by atoms with Crippen molar-refractivity contribution >= 4 is 28.4 Å². The number of benzene rings is 1. The Morgan fingerprint density at radius 3 is 2.80 bits per heavy atom. The van der Waals surface area contributed by atoms with Gasteiger partial charge in [0.25, 0.3) is 0 Å². The Labute approximate surface area is 118 Å². The zero-order valence-corrected chi connectivity index (χ0v) is 11.8. The highest BCUT2D eigenvalue weighted by Crippen LogP contribution is 2.24. The first-order valence-corrected chi connectivity index (χ1v) is 6.67. The summed E-state index contributed by atoms with van der Waals surface area (Å²) in [7, 11) is 1.92. The normalized spacial score (nSPS) is 10.7. The molecule has 5 heteroatoms. The molecule has 0 bridgehead atoms. The van der Waals surface area contributed by atoms with Crippen LogP contribution in [0.25, 0.3) is 10.9 Å². The van der Waals surface area contributed by atoms with Gasteiger partial charge in [0, 0.05) is 24.7 Å². The van der Waals surface area contributed by atoms with Crippen molar-refractivity contribution in [2.75, 3.05) is 24.2 Å². The number of fused-ring (bicyclic) bond motifs is 1. The molecule has 0 fully saturated rings. The lowest BCUT2D eigenvalue weighted by molar-refractivity contribution is 0.0699. The quantitative estimate of drug-likeness (QED) is 0.819. The van der Waals surface area contributed by atoms with Gasteiger partial charge in [0.05, 0.1) is 11.1 Å². The Bertz CT molecular complexity index is 640. The van der Waals surface area contributed by atoms with Crippen LogP contribution in [0.15, 0.2) is 24.3 Å². The molecule has 5 nitrogen and oxygen atoms in total. The minimum atomic E-state index is -0.965. The van der Waals surface area contributed by atoms with Crippen LogP contribution >= 0.6 is 0 Å². The third kappa shape index (κ3) is 2.82. The van der Waals surface area contributed by atoms with Crippen molar-refractivity contribution in [2.45, 2.75) is 19.8 Å². The Hall–Kier alpha value is -2.30. The first kappa shape index (κ1) is 14.1. The predicted molar refractivity (Wildman–Crippen MR) is 81.3 cm³/mol. The number of nitrogens with two attached hydrogens (primary N) is 1. The van der Waals surface area contributed by atoms with E-state index in [2.05, 4.69) is 11.9 Å². The third-order valence-electron chi connectivity index (χ3n) is 3.29. The van der Waals surface area contributed by atoms with Gasteiger partial charge in [-0.05, 0) is 30.7 Å². The van der Waals surface area contributed by atoms with Crippen LogP contribution < -0.4 is 10.6 Å². The maximum Gasteiger partial charge on any atom is 0.336 e. The highest BCUT2D eigenvalue weighted by molar-refractivity contribution is 6.04. The van der Waals surface area contributed by atoms with E-state index in [4.69, 9.17) is 5.73 Å². The van der Waals surface area contributed by atoms with Gasteiger partial charge in [-0.15, -0.1) is 0 Å². The predicted octanol–water partition coefficient (Wildman–Crippen LogP) is 2.75. The number of carbonyl (C=O) groups is 1. The fourth-order valence-electron chi connectivity index (χ4n) is 2.11. The molecule has 2 rings (SSSR count). The van der Waals surface area contributed by atoms with Crippen molar-refractivity contribution in [1.29, 1.82) is 0 Å². The topological polar surface area (TPSA) is 79.5 Å². The van der Waals surface area contributed by atoms with Crippen LogP contribution in [0.5, 0.6) is 0 Å². The summed E-state index contributed by atoms with van der Waals surface area (Å²) in [6, 6.07) is 6.76. The van der Waals surface area contributed by atoms with Crippen molar-refractivity contribution in [1.82, 2.24) is 4.98 Å². The van der Waals surface area contributed by atoms with E-state index in [1.807, 2.05) is 11.9 Å². The van der Waals surface area contributed by atoms with Crippen LogP contribution in [-0.4, -0.2) is 29.7 Å². The molecule has 3 N–H and O–H groups in total. The minimum absolute atomic E-state index is 0.237. The summed E-state index contributed by atoms with van der Waals surface area (Å²) < 4.78 is 0. The van der Waals surface area contributed by atoms with Gasteiger partial charge in [-0.25, -0.2) is 9.78 Å². The number of aromatic nitrogens is 1. The van der Waals surface area contributed by atoms with Gasteiger partial charge in [-0.2, -0.15) is 0 Å². The van der Waals surface area contributed by atoms with Crippen LogP contribution in [0.3, 0.4) is 0 Å². The van der Waals surface area contributed by atoms with Crippen molar-refractivity contribution in [2.24, 2.45) is 0 Å². The van der Waals surface area contributed by atoms with Gasteiger partial charge >= 0.3 is 5.97 Å². The molecular weight excluding hydrogens is 254 g/mol. The summed E-state index contributed by atoms with van der Waals surface area (Å²) in [6.07, 6.45) is 2.13. The molecule has 0 atom stereocenters. The molecular formula is C15H19N3O2. The number of carboxylic acids is 1. The lowest BCUT2D eigenvalue weighted by Gasteiger charge is -2.19. The number of carboxylic acid groups (broad SMARTS) is 1. The zero-order chi connectivity index (χ0) is 14.7. The van der Waals surface area contributed by atoms with Crippen LogP contribution in [-0.2, 0) is 0 Å². The van der Waals surface area contributed by atoms with Gasteiger partial charge in [-0.1, -0.05) is 13.3 Å². The third-order valence-corrected chi connectivity index (χ3v) is 3.29. The van der Waals surface area contributed by atoms with E-state index < -0.39 is 5.97 Å². The number of rotatable bonds is 5. The molecule has 0 radical (unpaired) electrons. The minimum Gasteiger partial charge on any atom is -0.478 e. The number of pyridine rings is 1. The summed E-state index contributed by atoms with van der Waals surface area (Å²) in [6.45, 7) is 2.97. The van der Waals surface area contributed by atoms with Gasteiger partial charge < -0.3 is 15.7 Å². The van der Waals surface area contributed by atoms with Crippen molar-refractivity contribution in [3.63, 3.8) is 0 Å². The molecule has 106 valence electrons. The number of nitrogen functional groups attached to an aromatic ring is 1. The maximum atomic E-state index is 11.4. The number of unbranched alkanes of at least 4 members (excludes halogenated alkanes) is 1. The standard InChI is InChI=1S/C15H19N3O2/c1-3-4-7-18(2)14-9-12(15(19)20)11-8-10(16)5-6-13(11)17-14/h5-6,8-9H,3-4,7,16H2,1-2H3,(H,19,20). The van der Waals surface area contributed by atoms with E-state index in [9.17, 15) is 9.90 Å². The van der Waals surface area contributed by atoms with Crippen LogP contribution in [0.4, 0.5) is 11.5 Å². The average Bonchev–Trinajstić information content (AvgIpc) is 2.43. The van der Waals surface area contributed by atoms with Crippen LogP contribution in [0, 0.1) is 0 Å². The molecule has 0 amide bonds. The molecule has 1 aromatic heterocycles. The van der Waals surface area contributed by atoms with Crippen molar-refractivity contribution < 1.29 is 9.90 Å². The highest BCUT2D eigenvalue weighted by atomic mass is 16.4. The lowest BCUT2D eigenvalue weighted by Crippen LogP contribution is -2.20. The van der Waals surface area contributed by atoms with E-state index in [1.165, 1.54) is 0 Å². The smallest absolute Gasteiger partial charge is 0.336 e. The first-order chi connectivity index (χ1) is 9.52. The highest BCUT2D eigenvalue weighted by Gasteiger charge is 2.14. The van der Waals surface area contributed by atoms with Crippen LogP contribution in [0.1, 0.15) is 30.1 Å². The molecule has 0 aliphatic rings. The fraction of sp³-hybridized carbons (Fsp3) is 0.333. The number of aromatic carboxylic acids is 1. The lowest BCUT2D eigenvalue weighted by atomic mass is 10.1. The second-order valence-electron chi connectivity index (χ2n) is 4.88. The summed E-state index contributed by atoms with van der Waals surface area (Å²) in [4.78, 5) is 17.9. The molecule has 2 aromatic rings. The Morgan fingerprint density at radius 2 is 2.15 bits per heavy atom. The number of nitrogens with zero attached hydrogens (tertiary/aromatic N) is 2. The van der Waals surface area contributed by atoms with E-state index in [1.54, 1.807) is 24.3 Å². The van der Waals surface area contributed by atoms with Gasteiger partial charge in [-0.3, -0.25) is 0 Å². The summed E-state index contributed by atoms with van der Waals surface area (Å²) in [5, 5.41) is 9.94.